The molecular formula is C42H27NS. The van der Waals surface area contributed by atoms with Crippen molar-refractivity contribution in [2.45, 2.75) is 0 Å². The first-order valence-corrected chi connectivity index (χ1v) is 15.8. The minimum absolute atomic E-state index is 1.14. The second-order valence-electron chi connectivity index (χ2n) is 11.3. The molecule has 0 fully saturated rings. The molecule has 206 valence electrons. The van der Waals surface area contributed by atoms with Gasteiger partial charge in [0.1, 0.15) is 0 Å². The number of hydrogen-bond acceptors (Lipinski definition) is 1. The number of rotatable bonds is 2. The molecule has 0 radical (unpaired) electrons. The summed E-state index contributed by atoms with van der Waals surface area (Å²) in [5.41, 5.74) is 5.91. The number of benzene rings is 7. The van der Waals surface area contributed by atoms with Gasteiger partial charge in [-0.05, 0) is 81.2 Å². The van der Waals surface area contributed by atoms with E-state index in [1.807, 2.05) is 11.3 Å². The van der Waals surface area contributed by atoms with Crippen LogP contribution in [0.1, 0.15) is 0 Å². The molecule has 0 aliphatic carbocycles. The van der Waals surface area contributed by atoms with E-state index < -0.39 is 0 Å². The van der Waals surface area contributed by atoms with Gasteiger partial charge in [-0.15, -0.1) is 11.3 Å². The average molecular weight is 578 g/mol. The molecule has 0 amide bonds. The van der Waals surface area contributed by atoms with Crippen molar-refractivity contribution < 1.29 is 0 Å². The van der Waals surface area contributed by atoms with Gasteiger partial charge in [0.2, 0.25) is 0 Å². The molecule has 0 bridgehead atoms. The van der Waals surface area contributed by atoms with Crippen molar-refractivity contribution in [3.8, 4) is 16.8 Å². The van der Waals surface area contributed by atoms with Crippen LogP contribution in [0.15, 0.2) is 164 Å². The summed E-state index contributed by atoms with van der Waals surface area (Å²) < 4.78 is 5.09. The van der Waals surface area contributed by atoms with Crippen molar-refractivity contribution in [3.63, 3.8) is 0 Å². The molecule has 0 aliphatic rings. The molecule has 0 unspecified atom stereocenters. The molecule has 2 heterocycles. The van der Waals surface area contributed by atoms with Crippen LogP contribution in [0.4, 0.5) is 0 Å². The van der Waals surface area contributed by atoms with Gasteiger partial charge < -0.3 is 4.57 Å². The van der Waals surface area contributed by atoms with Gasteiger partial charge in [-0.1, -0.05) is 115 Å². The molecule has 0 atom stereocenters. The lowest BCUT2D eigenvalue weighted by Crippen LogP contribution is -1.97. The second kappa shape index (κ2) is 10.1. The summed E-state index contributed by atoms with van der Waals surface area (Å²) in [6.45, 7) is 0. The number of fused-ring (bicyclic) bond motifs is 10. The predicted octanol–water partition coefficient (Wildman–Crippen LogP) is 12.2. The van der Waals surface area contributed by atoms with Crippen LogP contribution in [0.2, 0.25) is 0 Å². The SMILES string of the molecule is c1ccc(-n2c3ccccc3c3ccccc3c3ccccc3c3cc(-c4ccc5sc6ccccc6c5c4)ccc32)cc1. The molecule has 0 saturated carbocycles. The lowest BCUT2D eigenvalue weighted by atomic mass is 9.98. The largest absolute Gasteiger partial charge is 0.309 e. The summed E-state index contributed by atoms with van der Waals surface area (Å²) in [6.07, 6.45) is 0. The Bertz CT molecular complexity index is 2600. The molecule has 44 heavy (non-hydrogen) atoms. The fraction of sp³-hybridized carbons (Fsp3) is 0. The summed E-state index contributed by atoms with van der Waals surface area (Å²) in [5, 5.41) is 10.0. The Balaban J connectivity index is 1.49. The van der Waals surface area contributed by atoms with Crippen molar-refractivity contribution in [2.75, 3.05) is 0 Å². The third kappa shape index (κ3) is 3.92. The second-order valence-corrected chi connectivity index (χ2v) is 12.4. The molecule has 2 heteroatoms. The van der Waals surface area contributed by atoms with Crippen molar-refractivity contribution >= 4 is 74.9 Å². The van der Waals surface area contributed by atoms with Crippen LogP contribution in [-0.4, -0.2) is 4.57 Å². The van der Waals surface area contributed by atoms with Crippen LogP contribution in [0.25, 0.3) is 80.3 Å². The molecule has 0 spiro atoms. The van der Waals surface area contributed by atoms with E-state index in [1.54, 1.807) is 0 Å². The van der Waals surface area contributed by atoms with E-state index in [0.29, 0.717) is 0 Å². The molecule has 0 aliphatic heterocycles. The zero-order valence-corrected chi connectivity index (χ0v) is 24.8. The van der Waals surface area contributed by atoms with E-state index in [2.05, 4.69) is 168 Å². The number of aromatic nitrogens is 1. The van der Waals surface area contributed by atoms with Gasteiger partial charge in [0, 0.05) is 36.6 Å². The van der Waals surface area contributed by atoms with Crippen molar-refractivity contribution in [1.82, 2.24) is 4.57 Å². The standard InChI is InChI=1S/C42H27NS/c1-2-12-30(13-3-1)43-39-20-10-8-18-35(39)33-16-6-4-14-31(33)32-15-5-7-17-34(32)37-26-28(22-24-40(37)43)29-23-25-42-38(27-29)36-19-9-11-21-41(36)44-42/h1-27H. The first-order chi connectivity index (χ1) is 21.8. The molecule has 0 N–H and O–H groups in total. The lowest BCUT2D eigenvalue weighted by molar-refractivity contribution is 1.17. The van der Waals surface area contributed by atoms with E-state index in [1.165, 1.54) is 69.1 Å². The Kier molecular flexibility index (Phi) is 5.75. The van der Waals surface area contributed by atoms with Gasteiger partial charge in [-0.25, -0.2) is 0 Å². The lowest BCUT2D eigenvalue weighted by Gasteiger charge is -2.14. The summed E-state index contributed by atoms with van der Waals surface area (Å²) in [5.74, 6) is 0. The molecule has 0 saturated heterocycles. The van der Waals surface area contributed by atoms with E-state index in [9.17, 15) is 0 Å². The van der Waals surface area contributed by atoms with E-state index >= 15 is 0 Å². The smallest absolute Gasteiger partial charge is 0.0540 e. The highest BCUT2D eigenvalue weighted by Crippen LogP contribution is 2.39. The maximum Gasteiger partial charge on any atom is 0.0540 e. The summed E-state index contributed by atoms with van der Waals surface area (Å²) in [4.78, 5) is 0. The van der Waals surface area contributed by atoms with Crippen molar-refractivity contribution in [3.05, 3.63) is 164 Å². The van der Waals surface area contributed by atoms with Crippen LogP contribution in [0.5, 0.6) is 0 Å². The summed E-state index contributed by atoms with van der Waals surface area (Å²) >= 11 is 1.86. The van der Waals surface area contributed by atoms with E-state index in [4.69, 9.17) is 0 Å². The highest BCUT2D eigenvalue weighted by Gasteiger charge is 2.12. The maximum absolute atomic E-state index is 2.43. The third-order valence-corrected chi connectivity index (χ3v) is 9.98. The topological polar surface area (TPSA) is 4.93 Å². The highest BCUT2D eigenvalue weighted by molar-refractivity contribution is 7.25. The van der Waals surface area contributed by atoms with Crippen LogP contribution < -0.4 is 0 Å². The fourth-order valence-electron chi connectivity index (χ4n) is 6.82. The maximum atomic E-state index is 2.43. The van der Waals surface area contributed by atoms with Crippen molar-refractivity contribution in [2.24, 2.45) is 0 Å². The first-order valence-electron chi connectivity index (χ1n) is 15.0. The minimum atomic E-state index is 1.14. The number of hydrogen-bond donors (Lipinski definition) is 0. The Morgan fingerprint density at radius 1 is 0.318 bits per heavy atom. The van der Waals surface area contributed by atoms with E-state index in [-0.39, 0.29) is 0 Å². The van der Waals surface area contributed by atoms with Gasteiger partial charge in [-0.2, -0.15) is 0 Å². The summed E-state index contributed by atoms with van der Waals surface area (Å²) in [6, 6.07) is 59.9. The minimum Gasteiger partial charge on any atom is -0.309 e. The zero-order valence-electron chi connectivity index (χ0n) is 23.9. The molecule has 9 aromatic rings. The molecular weight excluding hydrogens is 551 g/mol. The van der Waals surface area contributed by atoms with Crippen molar-refractivity contribution in [1.29, 1.82) is 0 Å². The summed E-state index contributed by atoms with van der Waals surface area (Å²) in [7, 11) is 0. The molecule has 2 aromatic heterocycles. The molecule has 7 aromatic carbocycles. The third-order valence-electron chi connectivity index (χ3n) is 8.83. The predicted molar refractivity (Wildman–Crippen MR) is 192 cm³/mol. The van der Waals surface area contributed by atoms with Crippen LogP contribution in [-0.2, 0) is 0 Å². The van der Waals surface area contributed by atoms with Gasteiger partial charge in [0.25, 0.3) is 0 Å². The number of nitrogens with zero attached hydrogens (tertiary/aromatic N) is 1. The fourth-order valence-corrected chi connectivity index (χ4v) is 7.91. The van der Waals surface area contributed by atoms with Crippen LogP contribution >= 0.6 is 11.3 Å². The monoisotopic (exact) mass is 577 g/mol. The number of para-hydroxylation sites is 2. The highest BCUT2D eigenvalue weighted by atomic mass is 32.1. The zero-order chi connectivity index (χ0) is 29.0. The normalized spacial score (nSPS) is 11.6. The van der Waals surface area contributed by atoms with E-state index in [0.717, 1.165) is 11.2 Å². The van der Waals surface area contributed by atoms with Gasteiger partial charge in [-0.3, -0.25) is 0 Å². The quantitative estimate of drug-likeness (QED) is 0.193. The molecule has 1 nitrogen and oxygen atoms in total. The molecule has 9 rings (SSSR count). The van der Waals surface area contributed by atoms with Gasteiger partial charge >= 0.3 is 0 Å². The first kappa shape index (κ1) is 25.1. The Labute approximate surface area is 259 Å². The van der Waals surface area contributed by atoms with Gasteiger partial charge in [0.05, 0.1) is 11.0 Å². The average Bonchev–Trinajstić information content (AvgIpc) is 3.48. The Hall–Kier alpha value is -5.44. The Morgan fingerprint density at radius 3 is 1.52 bits per heavy atom. The van der Waals surface area contributed by atoms with Crippen LogP contribution in [0, 0.1) is 0 Å². The Morgan fingerprint density at radius 2 is 0.795 bits per heavy atom. The van der Waals surface area contributed by atoms with Crippen LogP contribution in [0.3, 0.4) is 0 Å². The number of thiophene rings is 1. The van der Waals surface area contributed by atoms with Gasteiger partial charge in [0.15, 0.2) is 0 Å².